The standard InChI is InChI=1S/C14H11ClN2O5S/c1-20-12-5-4-9(15)7-13(12)23(18,19)17-14-8-10(16-22-14)11-3-2-6-21-11/h2-8,17H,1H3. The largest absolute Gasteiger partial charge is 0.495 e. The Morgan fingerprint density at radius 1 is 1.26 bits per heavy atom. The average Bonchev–Trinajstić information content (AvgIpc) is 3.17. The smallest absolute Gasteiger partial charge is 0.267 e. The van der Waals surface area contributed by atoms with E-state index in [-0.39, 0.29) is 21.6 Å². The summed E-state index contributed by atoms with van der Waals surface area (Å²) in [6.07, 6.45) is 1.48. The van der Waals surface area contributed by atoms with Crippen molar-refractivity contribution in [2.75, 3.05) is 11.8 Å². The zero-order chi connectivity index (χ0) is 16.4. The van der Waals surface area contributed by atoms with E-state index in [0.29, 0.717) is 11.5 Å². The number of ether oxygens (including phenoxy) is 1. The van der Waals surface area contributed by atoms with Crippen molar-refractivity contribution in [3.63, 3.8) is 0 Å². The third kappa shape index (κ3) is 3.17. The van der Waals surface area contributed by atoms with Gasteiger partial charge in [-0.25, -0.2) is 13.1 Å². The quantitative estimate of drug-likeness (QED) is 0.754. The Morgan fingerprint density at radius 3 is 2.78 bits per heavy atom. The maximum Gasteiger partial charge on any atom is 0.267 e. The van der Waals surface area contributed by atoms with Crippen LogP contribution in [-0.2, 0) is 10.0 Å². The number of aromatic nitrogens is 1. The summed E-state index contributed by atoms with van der Waals surface area (Å²) in [6.45, 7) is 0. The number of nitrogens with zero attached hydrogens (tertiary/aromatic N) is 1. The van der Waals surface area contributed by atoms with Crippen molar-refractivity contribution < 1.29 is 22.1 Å². The predicted octanol–water partition coefficient (Wildman–Crippen LogP) is 3.40. The zero-order valence-corrected chi connectivity index (χ0v) is 13.4. The molecule has 0 amide bonds. The Bertz CT molecular complexity index is 919. The first kappa shape index (κ1) is 15.4. The van der Waals surface area contributed by atoms with Crippen molar-refractivity contribution in [3.05, 3.63) is 47.7 Å². The van der Waals surface area contributed by atoms with Gasteiger partial charge in [-0.1, -0.05) is 16.8 Å². The zero-order valence-electron chi connectivity index (χ0n) is 11.8. The van der Waals surface area contributed by atoms with Crippen molar-refractivity contribution >= 4 is 27.5 Å². The van der Waals surface area contributed by atoms with Gasteiger partial charge in [-0.05, 0) is 30.3 Å². The van der Waals surface area contributed by atoms with Crippen molar-refractivity contribution in [2.45, 2.75) is 4.90 Å². The molecule has 0 atom stereocenters. The molecule has 0 aliphatic rings. The van der Waals surface area contributed by atoms with Crippen molar-refractivity contribution in [3.8, 4) is 17.2 Å². The van der Waals surface area contributed by atoms with Crippen LogP contribution < -0.4 is 9.46 Å². The van der Waals surface area contributed by atoms with Crippen LogP contribution >= 0.6 is 11.6 Å². The highest BCUT2D eigenvalue weighted by Gasteiger charge is 2.22. The van der Waals surface area contributed by atoms with Gasteiger partial charge in [0.05, 0.1) is 13.4 Å². The Hall–Kier alpha value is -2.45. The number of methoxy groups -OCH3 is 1. The summed E-state index contributed by atoms with van der Waals surface area (Å²) >= 11 is 5.86. The van der Waals surface area contributed by atoms with E-state index in [9.17, 15) is 8.42 Å². The van der Waals surface area contributed by atoms with Crippen molar-refractivity contribution in [2.24, 2.45) is 0 Å². The number of hydrogen-bond acceptors (Lipinski definition) is 6. The molecule has 2 heterocycles. The molecule has 0 unspecified atom stereocenters. The van der Waals surface area contributed by atoms with Crippen LogP contribution in [0.1, 0.15) is 0 Å². The topological polar surface area (TPSA) is 94.6 Å². The van der Waals surface area contributed by atoms with E-state index in [1.54, 1.807) is 12.1 Å². The van der Waals surface area contributed by atoms with Gasteiger partial charge >= 0.3 is 0 Å². The SMILES string of the molecule is COc1ccc(Cl)cc1S(=O)(=O)Nc1cc(-c2ccco2)no1. The van der Waals surface area contributed by atoms with Crippen molar-refractivity contribution in [1.82, 2.24) is 5.16 Å². The minimum Gasteiger partial charge on any atom is -0.495 e. The molecule has 9 heteroatoms. The first-order valence-electron chi connectivity index (χ1n) is 6.36. The molecule has 120 valence electrons. The molecule has 1 aromatic carbocycles. The molecule has 3 aromatic rings. The van der Waals surface area contributed by atoms with Gasteiger partial charge in [0, 0.05) is 11.1 Å². The Labute approximate surface area is 136 Å². The Balaban J connectivity index is 1.91. The second-order valence-electron chi connectivity index (χ2n) is 4.45. The lowest BCUT2D eigenvalue weighted by atomic mass is 10.3. The second kappa shape index (κ2) is 5.98. The number of nitrogens with one attached hydrogen (secondary N) is 1. The van der Waals surface area contributed by atoms with E-state index in [1.807, 2.05) is 0 Å². The normalized spacial score (nSPS) is 11.4. The molecule has 0 bridgehead atoms. The van der Waals surface area contributed by atoms with E-state index in [2.05, 4.69) is 9.88 Å². The molecule has 0 radical (unpaired) electrons. The molecule has 0 aliphatic heterocycles. The van der Waals surface area contributed by atoms with Crippen LogP contribution in [0.15, 0.2) is 56.5 Å². The minimum atomic E-state index is -3.96. The fraction of sp³-hybridized carbons (Fsp3) is 0.0714. The Kier molecular flexibility index (Phi) is 4.01. The van der Waals surface area contributed by atoms with E-state index in [1.165, 1.54) is 37.6 Å². The fourth-order valence-corrected chi connectivity index (χ4v) is 3.32. The number of sulfonamides is 1. The number of furan rings is 1. The van der Waals surface area contributed by atoms with Crippen molar-refractivity contribution in [1.29, 1.82) is 0 Å². The second-order valence-corrected chi connectivity index (χ2v) is 6.54. The summed E-state index contributed by atoms with van der Waals surface area (Å²) < 4.78 is 42.4. The van der Waals surface area contributed by atoms with Gasteiger partial charge in [-0.15, -0.1) is 0 Å². The van der Waals surface area contributed by atoms with E-state index in [4.69, 9.17) is 25.3 Å². The predicted molar refractivity (Wildman–Crippen MR) is 83.0 cm³/mol. The Morgan fingerprint density at radius 2 is 2.09 bits per heavy atom. The van der Waals surface area contributed by atoms with Crippen LogP contribution in [-0.4, -0.2) is 20.7 Å². The summed E-state index contributed by atoms with van der Waals surface area (Å²) in [5.41, 5.74) is 0.366. The number of halogens is 1. The van der Waals surface area contributed by atoms with Gasteiger partial charge in [0.1, 0.15) is 10.6 Å². The van der Waals surface area contributed by atoms with E-state index in [0.717, 1.165) is 0 Å². The summed E-state index contributed by atoms with van der Waals surface area (Å²) in [6, 6.07) is 9.05. The molecule has 3 rings (SSSR count). The minimum absolute atomic E-state index is 0.0570. The monoisotopic (exact) mass is 354 g/mol. The first-order chi connectivity index (χ1) is 11.0. The molecule has 0 aliphatic carbocycles. The van der Waals surface area contributed by atoms with Crippen LogP contribution in [0.5, 0.6) is 5.75 Å². The lowest BCUT2D eigenvalue weighted by Crippen LogP contribution is -2.13. The average molecular weight is 355 g/mol. The number of hydrogen-bond donors (Lipinski definition) is 1. The molecule has 0 fully saturated rings. The first-order valence-corrected chi connectivity index (χ1v) is 8.22. The van der Waals surface area contributed by atoms with Crippen LogP contribution in [0.2, 0.25) is 5.02 Å². The van der Waals surface area contributed by atoms with Gasteiger partial charge in [0.25, 0.3) is 10.0 Å². The van der Waals surface area contributed by atoms with Gasteiger partial charge in [-0.2, -0.15) is 0 Å². The molecule has 0 spiro atoms. The lowest BCUT2D eigenvalue weighted by Gasteiger charge is -2.09. The molecule has 0 saturated carbocycles. The van der Waals surface area contributed by atoms with Gasteiger partial charge in [0.15, 0.2) is 11.5 Å². The number of benzene rings is 1. The fourth-order valence-electron chi connectivity index (χ4n) is 1.91. The highest BCUT2D eigenvalue weighted by Crippen LogP contribution is 2.29. The van der Waals surface area contributed by atoms with Crippen LogP contribution in [0.3, 0.4) is 0 Å². The number of anilines is 1. The maximum absolute atomic E-state index is 12.5. The van der Waals surface area contributed by atoms with Gasteiger partial charge in [-0.3, -0.25) is 0 Å². The molecular weight excluding hydrogens is 344 g/mol. The lowest BCUT2D eigenvalue weighted by molar-refractivity contribution is 0.402. The maximum atomic E-state index is 12.5. The van der Waals surface area contributed by atoms with E-state index >= 15 is 0 Å². The number of rotatable bonds is 5. The molecule has 1 N–H and O–H groups in total. The summed E-state index contributed by atoms with van der Waals surface area (Å²) in [4.78, 5) is -0.108. The highest BCUT2D eigenvalue weighted by atomic mass is 35.5. The third-order valence-electron chi connectivity index (χ3n) is 2.93. The molecule has 7 nitrogen and oxygen atoms in total. The summed E-state index contributed by atoms with van der Waals surface area (Å²) in [5, 5.41) is 4.01. The summed E-state index contributed by atoms with van der Waals surface area (Å²) in [5.74, 6) is 0.561. The van der Waals surface area contributed by atoms with Crippen LogP contribution in [0, 0.1) is 0 Å². The van der Waals surface area contributed by atoms with Gasteiger partial charge in [0.2, 0.25) is 5.88 Å². The molecule has 0 saturated heterocycles. The molecule has 23 heavy (non-hydrogen) atoms. The molecule has 2 aromatic heterocycles. The summed E-state index contributed by atoms with van der Waals surface area (Å²) in [7, 11) is -2.59. The van der Waals surface area contributed by atoms with Gasteiger partial charge < -0.3 is 13.7 Å². The third-order valence-corrected chi connectivity index (χ3v) is 4.54. The molecular formula is C14H11ClN2O5S. The highest BCUT2D eigenvalue weighted by molar-refractivity contribution is 7.92. The van der Waals surface area contributed by atoms with Crippen LogP contribution in [0.25, 0.3) is 11.5 Å². The van der Waals surface area contributed by atoms with Crippen LogP contribution in [0.4, 0.5) is 5.88 Å². The van der Waals surface area contributed by atoms with E-state index < -0.39 is 10.0 Å².